The highest BCUT2D eigenvalue weighted by atomic mass is 15.3. The molecule has 1 fully saturated rings. The number of para-hydroxylation sites is 1. The summed E-state index contributed by atoms with van der Waals surface area (Å²) in [5, 5.41) is 0. The molecule has 1 aliphatic heterocycles. The number of benzene rings is 1. The highest BCUT2D eigenvalue weighted by molar-refractivity contribution is 5.79. The molecule has 1 aromatic rings. The van der Waals surface area contributed by atoms with E-state index >= 15 is 0 Å². The number of hydrogen-bond donors (Lipinski definition) is 2. The highest BCUT2D eigenvalue weighted by Crippen LogP contribution is 2.29. The quantitative estimate of drug-likeness (QED) is 0.805. The van der Waals surface area contributed by atoms with Crippen molar-refractivity contribution in [3.05, 3.63) is 18.2 Å². The van der Waals surface area contributed by atoms with Gasteiger partial charge in [-0.1, -0.05) is 19.9 Å². The molecule has 1 aromatic carbocycles. The van der Waals surface area contributed by atoms with E-state index in [9.17, 15) is 0 Å². The van der Waals surface area contributed by atoms with Crippen molar-refractivity contribution in [1.29, 1.82) is 0 Å². The van der Waals surface area contributed by atoms with E-state index < -0.39 is 0 Å². The Labute approximate surface area is 117 Å². The van der Waals surface area contributed by atoms with Crippen LogP contribution in [0.5, 0.6) is 0 Å². The maximum Gasteiger partial charge on any atom is 0.0785 e. The van der Waals surface area contributed by atoms with Crippen LogP contribution in [0.4, 0.5) is 17.1 Å². The highest BCUT2D eigenvalue weighted by Gasteiger charge is 2.20. The van der Waals surface area contributed by atoms with Crippen LogP contribution in [0.1, 0.15) is 27.7 Å². The maximum atomic E-state index is 6.03. The van der Waals surface area contributed by atoms with Crippen LogP contribution in [0.25, 0.3) is 0 Å². The molecular formula is C15H28N4. The molecule has 0 saturated carbocycles. The van der Waals surface area contributed by atoms with Gasteiger partial charge in [0.1, 0.15) is 0 Å². The zero-order chi connectivity index (χ0) is 14.4. The fourth-order valence-corrected chi connectivity index (χ4v) is 2.33. The number of hydrogen-bond acceptors (Lipinski definition) is 4. The molecule has 1 aliphatic rings. The summed E-state index contributed by atoms with van der Waals surface area (Å²) in [6.45, 7) is 12.7. The van der Waals surface area contributed by atoms with E-state index in [0.717, 1.165) is 31.9 Å². The molecule has 4 nitrogen and oxygen atoms in total. The first-order chi connectivity index (χ1) is 9.09. The Kier molecular flexibility index (Phi) is 5.96. The van der Waals surface area contributed by atoms with E-state index in [1.807, 2.05) is 26.0 Å². The Morgan fingerprint density at radius 3 is 2.11 bits per heavy atom. The summed E-state index contributed by atoms with van der Waals surface area (Å²) in [5.41, 5.74) is 14.3. The number of nitrogen functional groups attached to an aromatic ring is 2. The lowest BCUT2D eigenvalue weighted by atomic mass is 10.2. The van der Waals surface area contributed by atoms with Crippen molar-refractivity contribution < 1.29 is 0 Å². The summed E-state index contributed by atoms with van der Waals surface area (Å²) in [5.74, 6) is 0. The van der Waals surface area contributed by atoms with Gasteiger partial charge in [0.25, 0.3) is 0 Å². The van der Waals surface area contributed by atoms with Crippen LogP contribution < -0.4 is 16.4 Å². The Bertz CT molecular complexity index is 382. The van der Waals surface area contributed by atoms with Crippen LogP contribution in [0, 0.1) is 0 Å². The molecule has 19 heavy (non-hydrogen) atoms. The molecule has 0 radical (unpaired) electrons. The normalized spacial score (nSPS) is 16.2. The average molecular weight is 264 g/mol. The second kappa shape index (κ2) is 7.24. The smallest absolute Gasteiger partial charge is 0.0785 e. The van der Waals surface area contributed by atoms with Crippen LogP contribution in [-0.4, -0.2) is 37.1 Å². The van der Waals surface area contributed by atoms with Gasteiger partial charge in [-0.25, -0.2) is 0 Å². The fourth-order valence-electron chi connectivity index (χ4n) is 2.33. The predicted octanol–water partition coefficient (Wildman–Crippen LogP) is 2.41. The molecule has 0 aliphatic carbocycles. The lowest BCUT2D eigenvalue weighted by molar-refractivity contribution is 0.209. The number of nitrogens with zero attached hydrogens (tertiary/aromatic N) is 2. The average Bonchev–Trinajstić information content (AvgIpc) is 2.44. The van der Waals surface area contributed by atoms with Crippen molar-refractivity contribution in [3.8, 4) is 0 Å². The third kappa shape index (κ3) is 3.77. The molecule has 0 unspecified atom stereocenters. The van der Waals surface area contributed by atoms with Gasteiger partial charge in [-0.05, 0) is 26.0 Å². The summed E-state index contributed by atoms with van der Waals surface area (Å²) in [7, 11) is 0. The van der Waals surface area contributed by atoms with Gasteiger partial charge < -0.3 is 16.4 Å². The lowest BCUT2D eigenvalue weighted by Crippen LogP contribution is -2.49. The van der Waals surface area contributed by atoms with Gasteiger partial charge in [0.15, 0.2) is 0 Å². The van der Waals surface area contributed by atoms with E-state index in [4.69, 9.17) is 11.5 Å². The van der Waals surface area contributed by atoms with Crippen molar-refractivity contribution in [2.75, 3.05) is 42.5 Å². The first-order valence-electron chi connectivity index (χ1n) is 7.22. The van der Waals surface area contributed by atoms with Crippen LogP contribution >= 0.6 is 0 Å². The summed E-state index contributed by atoms with van der Waals surface area (Å²) in [6.07, 6.45) is 0. The van der Waals surface area contributed by atoms with Gasteiger partial charge in [-0.3, -0.25) is 4.90 Å². The molecule has 4 N–H and O–H groups in total. The van der Waals surface area contributed by atoms with Gasteiger partial charge in [0, 0.05) is 32.2 Å². The van der Waals surface area contributed by atoms with Gasteiger partial charge in [-0.15, -0.1) is 0 Å². The largest absolute Gasteiger partial charge is 0.397 e. The third-order valence-electron chi connectivity index (χ3n) is 3.50. The van der Waals surface area contributed by atoms with Crippen LogP contribution in [-0.2, 0) is 0 Å². The molecular weight excluding hydrogens is 236 g/mol. The molecule has 0 amide bonds. The predicted molar refractivity (Wildman–Crippen MR) is 85.5 cm³/mol. The summed E-state index contributed by atoms with van der Waals surface area (Å²) in [6, 6.07) is 6.49. The Balaban J connectivity index is 0.000000861. The van der Waals surface area contributed by atoms with E-state index in [-0.39, 0.29) is 0 Å². The Morgan fingerprint density at radius 1 is 1.00 bits per heavy atom. The van der Waals surface area contributed by atoms with Gasteiger partial charge >= 0.3 is 0 Å². The minimum absolute atomic E-state index is 0.621. The van der Waals surface area contributed by atoms with E-state index in [0.29, 0.717) is 17.4 Å². The van der Waals surface area contributed by atoms with Gasteiger partial charge in [-0.2, -0.15) is 0 Å². The molecule has 108 valence electrons. The molecule has 1 saturated heterocycles. The number of anilines is 3. The Morgan fingerprint density at radius 2 is 1.58 bits per heavy atom. The van der Waals surface area contributed by atoms with Gasteiger partial charge in [0.2, 0.25) is 0 Å². The standard InChI is InChI=1S/C13H22N4.C2H6/c1-10(2)16-6-8-17(9-7-16)12-5-3-4-11(14)13(12)15;1-2/h3-5,10H,6-9,14-15H2,1-2H3;1-2H3. The summed E-state index contributed by atoms with van der Waals surface area (Å²) < 4.78 is 0. The van der Waals surface area contributed by atoms with Gasteiger partial charge in [0.05, 0.1) is 17.1 Å². The topological polar surface area (TPSA) is 58.5 Å². The summed E-state index contributed by atoms with van der Waals surface area (Å²) in [4.78, 5) is 4.81. The van der Waals surface area contributed by atoms with E-state index in [1.165, 1.54) is 0 Å². The van der Waals surface area contributed by atoms with E-state index in [1.54, 1.807) is 0 Å². The zero-order valence-corrected chi connectivity index (χ0v) is 12.7. The first kappa shape index (κ1) is 15.6. The number of piperazine rings is 1. The third-order valence-corrected chi connectivity index (χ3v) is 3.50. The van der Waals surface area contributed by atoms with Crippen LogP contribution in [0.3, 0.4) is 0 Å². The first-order valence-corrected chi connectivity index (χ1v) is 7.22. The Hall–Kier alpha value is -1.42. The second-order valence-corrected chi connectivity index (χ2v) is 4.90. The number of nitrogens with two attached hydrogens (primary N) is 2. The number of rotatable bonds is 2. The monoisotopic (exact) mass is 264 g/mol. The van der Waals surface area contributed by atoms with Crippen molar-refractivity contribution in [3.63, 3.8) is 0 Å². The van der Waals surface area contributed by atoms with Crippen molar-refractivity contribution in [2.24, 2.45) is 0 Å². The minimum atomic E-state index is 0.621. The second-order valence-electron chi connectivity index (χ2n) is 4.90. The minimum Gasteiger partial charge on any atom is -0.397 e. The summed E-state index contributed by atoms with van der Waals surface area (Å²) >= 11 is 0. The maximum absolute atomic E-state index is 6.03. The molecule has 0 spiro atoms. The van der Waals surface area contributed by atoms with Crippen LogP contribution in [0.15, 0.2) is 18.2 Å². The molecule has 4 heteroatoms. The zero-order valence-electron chi connectivity index (χ0n) is 12.7. The molecule has 0 atom stereocenters. The van der Waals surface area contributed by atoms with Crippen LogP contribution in [0.2, 0.25) is 0 Å². The van der Waals surface area contributed by atoms with Crippen molar-refractivity contribution >= 4 is 17.1 Å². The van der Waals surface area contributed by atoms with Crippen molar-refractivity contribution in [1.82, 2.24) is 4.90 Å². The lowest BCUT2D eigenvalue weighted by Gasteiger charge is -2.38. The molecule has 0 aromatic heterocycles. The van der Waals surface area contributed by atoms with E-state index in [2.05, 4.69) is 29.7 Å². The fraction of sp³-hybridized carbons (Fsp3) is 0.600. The SMILES string of the molecule is CC.CC(C)N1CCN(c2cccc(N)c2N)CC1. The molecule has 2 rings (SSSR count). The van der Waals surface area contributed by atoms with Crippen molar-refractivity contribution in [2.45, 2.75) is 33.7 Å². The molecule has 1 heterocycles. The molecule has 0 bridgehead atoms.